The maximum Gasteiger partial charge on any atom is 0.160 e. The minimum absolute atomic E-state index is 0.869. The molecule has 260 valence electrons. The lowest BCUT2D eigenvalue weighted by Gasteiger charge is -2.26. The average Bonchev–Trinajstić information content (AvgIpc) is 3.85. The predicted octanol–water partition coefficient (Wildman–Crippen LogP) is 15.6. The molecule has 8 aromatic carbocycles. The van der Waals surface area contributed by atoms with E-state index in [0.717, 1.165) is 57.4 Å². The summed E-state index contributed by atoms with van der Waals surface area (Å²) in [5.74, 6) is 0. The third kappa shape index (κ3) is 5.31. The van der Waals surface area contributed by atoms with Gasteiger partial charge in [0.15, 0.2) is 5.58 Å². The average molecular weight is 722 g/mol. The first kappa shape index (κ1) is 31.8. The summed E-state index contributed by atoms with van der Waals surface area (Å²) in [5, 5.41) is 7.29. The third-order valence-electron chi connectivity index (χ3n) is 11.1. The first-order valence-electron chi connectivity index (χ1n) is 19.0. The van der Waals surface area contributed by atoms with Crippen molar-refractivity contribution in [2.45, 2.75) is 12.8 Å². The van der Waals surface area contributed by atoms with Crippen LogP contribution in [0.3, 0.4) is 0 Å². The lowest BCUT2D eigenvalue weighted by molar-refractivity contribution is 0.669. The summed E-state index contributed by atoms with van der Waals surface area (Å²) in [6.07, 6.45) is 9.04. The molecular weight excluding hydrogens is 687 g/mol. The fourth-order valence-corrected chi connectivity index (χ4v) is 9.72. The van der Waals surface area contributed by atoms with Crippen LogP contribution in [0.5, 0.6) is 0 Å². The number of hydrogen-bond donors (Lipinski definition) is 0. The monoisotopic (exact) mass is 721 g/mol. The van der Waals surface area contributed by atoms with Crippen LogP contribution in [0.1, 0.15) is 18.4 Å². The molecule has 0 unspecified atom stereocenters. The van der Waals surface area contributed by atoms with Crippen LogP contribution in [0.2, 0.25) is 0 Å². The standard InChI is InChI=1S/C52H35NOS/c1-3-12-34(13-4-1)35-22-27-39(28-23-35)53(40-29-24-38(25-30-40)43-19-11-20-45-44-18-9-10-21-48(44)55-52(43)45)46-32-31-42(36-14-5-2-6-15-36)50-49-41-17-8-7-16-37(41)26-33-47(49)54-51(46)50/h2-3,5-33H,1,4H2. The molecule has 11 rings (SSSR count). The summed E-state index contributed by atoms with van der Waals surface area (Å²) in [7, 11) is 0. The molecule has 2 aromatic heterocycles. The molecule has 0 N–H and O–H groups in total. The molecule has 0 radical (unpaired) electrons. The number of benzene rings is 8. The number of thiophene rings is 1. The predicted molar refractivity (Wildman–Crippen MR) is 236 cm³/mol. The molecule has 0 amide bonds. The highest BCUT2D eigenvalue weighted by molar-refractivity contribution is 7.26. The van der Waals surface area contributed by atoms with Crippen LogP contribution in [0.25, 0.3) is 80.7 Å². The fraction of sp³-hybridized carbons (Fsp3) is 0.0385. The zero-order chi connectivity index (χ0) is 36.3. The van der Waals surface area contributed by atoms with Gasteiger partial charge < -0.3 is 9.32 Å². The zero-order valence-corrected chi connectivity index (χ0v) is 30.9. The van der Waals surface area contributed by atoms with E-state index in [0.29, 0.717) is 0 Å². The number of anilines is 3. The maximum absolute atomic E-state index is 7.01. The van der Waals surface area contributed by atoms with Crippen molar-refractivity contribution in [2.24, 2.45) is 0 Å². The Bertz CT molecular complexity index is 3130. The highest BCUT2D eigenvalue weighted by Gasteiger charge is 2.24. The molecule has 0 saturated heterocycles. The van der Waals surface area contributed by atoms with Crippen LogP contribution in [-0.4, -0.2) is 0 Å². The van der Waals surface area contributed by atoms with Crippen LogP contribution in [0.4, 0.5) is 17.1 Å². The number of rotatable bonds is 6. The Balaban J connectivity index is 1.13. The Morgan fingerprint density at radius 2 is 1.20 bits per heavy atom. The van der Waals surface area contributed by atoms with Gasteiger partial charge in [0.2, 0.25) is 0 Å². The first-order valence-corrected chi connectivity index (χ1v) is 19.8. The van der Waals surface area contributed by atoms with Gasteiger partial charge in [-0.25, -0.2) is 0 Å². The van der Waals surface area contributed by atoms with Gasteiger partial charge >= 0.3 is 0 Å². The molecule has 0 aliphatic heterocycles. The van der Waals surface area contributed by atoms with Crippen molar-refractivity contribution < 1.29 is 4.42 Å². The zero-order valence-electron chi connectivity index (χ0n) is 30.1. The molecule has 2 nitrogen and oxygen atoms in total. The van der Waals surface area contributed by atoms with E-state index in [1.54, 1.807) is 0 Å². The minimum atomic E-state index is 0.869. The van der Waals surface area contributed by atoms with Crippen molar-refractivity contribution in [2.75, 3.05) is 4.90 Å². The Hall–Kier alpha value is -6.68. The molecule has 1 aliphatic rings. The summed E-state index contributed by atoms with van der Waals surface area (Å²) in [6.45, 7) is 0. The maximum atomic E-state index is 7.01. The van der Waals surface area contributed by atoms with Gasteiger partial charge in [-0.3, -0.25) is 0 Å². The summed E-state index contributed by atoms with van der Waals surface area (Å²) < 4.78 is 9.65. The smallest absolute Gasteiger partial charge is 0.160 e. The normalized spacial score (nSPS) is 13.0. The lowest BCUT2D eigenvalue weighted by Crippen LogP contribution is -2.10. The largest absolute Gasteiger partial charge is 0.454 e. The van der Waals surface area contributed by atoms with Crippen LogP contribution in [0.15, 0.2) is 193 Å². The number of allylic oxidation sites excluding steroid dienone is 4. The van der Waals surface area contributed by atoms with Gasteiger partial charge in [-0.05, 0) is 99.5 Å². The van der Waals surface area contributed by atoms with Gasteiger partial charge in [0.05, 0.1) is 5.69 Å². The molecular formula is C52H35NOS. The van der Waals surface area contributed by atoms with Gasteiger partial charge in [0, 0.05) is 42.3 Å². The van der Waals surface area contributed by atoms with Gasteiger partial charge in [0.25, 0.3) is 0 Å². The number of fused-ring (bicyclic) bond motifs is 8. The second kappa shape index (κ2) is 13.0. The first-order chi connectivity index (χ1) is 27.3. The van der Waals surface area contributed by atoms with Crippen molar-refractivity contribution in [3.63, 3.8) is 0 Å². The summed E-state index contributed by atoms with van der Waals surface area (Å²) in [5.41, 5.74) is 12.2. The van der Waals surface area contributed by atoms with Crippen molar-refractivity contribution in [1.82, 2.24) is 0 Å². The van der Waals surface area contributed by atoms with E-state index in [4.69, 9.17) is 4.42 Å². The van der Waals surface area contributed by atoms with E-state index in [-0.39, 0.29) is 0 Å². The number of furan rings is 1. The third-order valence-corrected chi connectivity index (χ3v) is 12.3. The van der Waals surface area contributed by atoms with E-state index in [1.807, 2.05) is 11.3 Å². The molecule has 0 fully saturated rings. The Kier molecular flexibility index (Phi) is 7.53. The molecule has 0 saturated carbocycles. The van der Waals surface area contributed by atoms with Crippen LogP contribution >= 0.6 is 11.3 Å². The minimum Gasteiger partial charge on any atom is -0.454 e. The van der Waals surface area contributed by atoms with E-state index in [1.165, 1.54) is 58.8 Å². The van der Waals surface area contributed by atoms with Crippen LogP contribution in [0, 0.1) is 0 Å². The van der Waals surface area contributed by atoms with E-state index in [2.05, 4.69) is 193 Å². The van der Waals surface area contributed by atoms with E-state index >= 15 is 0 Å². The molecule has 10 aromatic rings. The lowest BCUT2D eigenvalue weighted by atomic mass is 9.95. The Morgan fingerprint density at radius 3 is 2.00 bits per heavy atom. The number of hydrogen-bond acceptors (Lipinski definition) is 3. The van der Waals surface area contributed by atoms with Crippen LogP contribution < -0.4 is 4.90 Å². The van der Waals surface area contributed by atoms with Crippen molar-refractivity contribution in [3.05, 3.63) is 194 Å². The van der Waals surface area contributed by atoms with Gasteiger partial charge in [-0.2, -0.15) is 0 Å². The van der Waals surface area contributed by atoms with E-state index in [9.17, 15) is 0 Å². The van der Waals surface area contributed by atoms with Crippen molar-refractivity contribution >= 4 is 86.9 Å². The van der Waals surface area contributed by atoms with Crippen molar-refractivity contribution in [1.29, 1.82) is 0 Å². The van der Waals surface area contributed by atoms with Gasteiger partial charge in [-0.1, -0.05) is 146 Å². The van der Waals surface area contributed by atoms with Gasteiger partial charge in [0.1, 0.15) is 5.58 Å². The van der Waals surface area contributed by atoms with Crippen molar-refractivity contribution in [3.8, 4) is 22.3 Å². The highest BCUT2D eigenvalue weighted by atomic mass is 32.1. The SMILES string of the molecule is C1=CC(c2ccc(N(c3ccc(-c4cccc5c4sc4ccccc45)cc3)c3ccc(-c4ccccc4)c4c3oc3ccc5ccccc5c34)cc2)=CCC1. The molecule has 1 aliphatic carbocycles. The molecule has 0 spiro atoms. The molecule has 55 heavy (non-hydrogen) atoms. The van der Waals surface area contributed by atoms with Gasteiger partial charge in [-0.15, -0.1) is 11.3 Å². The summed E-state index contributed by atoms with van der Waals surface area (Å²) in [4.78, 5) is 2.36. The molecule has 0 bridgehead atoms. The fourth-order valence-electron chi connectivity index (χ4n) is 8.48. The number of nitrogens with zero attached hydrogens (tertiary/aromatic N) is 1. The second-order valence-electron chi connectivity index (χ2n) is 14.3. The molecule has 3 heteroatoms. The Morgan fingerprint density at radius 1 is 0.491 bits per heavy atom. The Labute approximate surface area is 323 Å². The second-order valence-corrected chi connectivity index (χ2v) is 15.4. The molecule has 2 heterocycles. The molecule has 0 atom stereocenters. The van der Waals surface area contributed by atoms with Crippen LogP contribution in [-0.2, 0) is 0 Å². The topological polar surface area (TPSA) is 16.4 Å². The summed E-state index contributed by atoms with van der Waals surface area (Å²) in [6, 6.07) is 61.6. The summed E-state index contributed by atoms with van der Waals surface area (Å²) >= 11 is 1.87. The van der Waals surface area contributed by atoms with E-state index < -0.39 is 0 Å². The quantitative estimate of drug-likeness (QED) is 0.170. The highest BCUT2D eigenvalue weighted by Crippen LogP contribution is 2.48.